The van der Waals surface area contributed by atoms with Crippen LogP contribution in [0.3, 0.4) is 0 Å². The summed E-state index contributed by atoms with van der Waals surface area (Å²) in [7, 11) is 0. The van der Waals surface area contributed by atoms with Crippen LogP contribution in [-0.4, -0.2) is 28.6 Å². The van der Waals surface area contributed by atoms with Gasteiger partial charge in [-0.25, -0.2) is 4.79 Å². The van der Waals surface area contributed by atoms with Crippen LogP contribution in [0.15, 0.2) is 18.2 Å². The van der Waals surface area contributed by atoms with Crippen molar-refractivity contribution in [3.05, 3.63) is 23.8 Å². The third kappa shape index (κ3) is 3.85. The fourth-order valence-corrected chi connectivity index (χ4v) is 1.44. The molecule has 0 fully saturated rings. The van der Waals surface area contributed by atoms with Crippen molar-refractivity contribution in [3.63, 3.8) is 0 Å². The summed E-state index contributed by atoms with van der Waals surface area (Å²) >= 11 is 1.74. The average Bonchev–Trinajstić information content (AvgIpc) is 2.27. The molecule has 0 saturated carbocycles. The zero-order valence-electron chi connectivity index (χ0n) is 10.3. The van der Waals surface area contributed by atoms with E-state index in [0.29, 0.717) is 11.4 Å². The van der Waals surface area contributed by atoms with Crippen LogP contribution in [0.4, 0.5) is 11.4 Å². The molecule has 0 aliphatic heterocycles. The molecule has 0 aliphatic rings. The Labute approximate surface area is 106 Å². The zero-order valence-corrected chi connectivity index (χ0v) is 11.1. The first-order valence-electron chi connectivity index (χ1n) is 5.27. The van der Waals surface area contributed by atoms with Crippen LogP contribution in [0, 0.1) is 0 Å². The molecule has 0 amide bonds. The lowest BCUT2D eigenvalue weighted by Gasteiger charge is -2.23. The highest BCUT2D eigenvalue weighted by atomic mass is 32.2. The van der Waals surface area contributed by atoms with E-state index in [-0.39, 0.29) is 10.3 Å². The van der Waals surface area contributed by atoms with Gasteiger partial charge in [0.2, 0.25) is 0 Å². The highest BCUT2D eigenvalue weighted by Gasteiger charge is 2.16. The van der Waals surface area contributed by atoms with Gasteiger partial charge < -0.3 is 16.2 Å². The van der Waals surface area contributed by atoms with Crippen LogP contribution in [-0.2, 0) is 0 Å². The van der Waals surface area contributed by atoms with Gasteiger partial charge in [0.15, 0.2) is 0 Å². The van der Waals surface area contributed by atoms with Gasteiger partial charge in [-0.05, 0) is 38.3 Å². The second-order valence-electron chi connectivity index (χ2n) is 4.42. The lowest BCUT2D eigenvalue weighted by atomic mass is 10.1. The first-order chi connectivity index (χ1) is 7.85. The molecular formula is C12H18N2O2S. The minimum atomic E-state index is -0.947. The Morgan fingerprint density at radius 1 is 1.53 bits per heavy atom. The molecule has 5 heteroatoms. The first kappa shape index (κ1) is 13.7. The molecule has 1 aromatic carbocycles. The molecule has 0 bridgehead atoms. The predicted octanol–water partition coefficient (Wildman–Crippen LogP) is 2.52. The average molecular weight is 254 g/mol. The number of benzene rings is 1. The van der Waals surface area contributed by atoms with Gasteiger partial charge in [0.05, 0.1) is 16.9 Å². The summed E-state index contributed by atoms with van der Waals surface area (Å²) in [5, 5.41) is 12.1. The Hall–Kier alpha value is -1.36. The number of nitrogens with two attached hydrogens (primary N) is 1. The number of nitrogen functional groups attached to an aromatic ring is 1. The van der Waals surface area contributed by atoms with E-state index in [2.05, 4.69) is 19.2 Å². The van der Waals surface area contributed by atoms with Gasteiger partial charge in [-0.2, -0.15) is 11.8 Å². The minimum absolute atomic E-state index is 0.0751. The quantitative estimate of drug-likeness (QED) is 0.704. The van der Waals surface area contributed by atoms with E-state index in [1.54, 1.807) is 23.9 Å². The van der Waals surface area contributed by atoms with Crippen LogP contribution in [0.5, 0.6) is 0 Å². The molecule has 0 aromatic heterocycles. The van der Waals surface area contributed by atoms with Gasteiger partial charge in [0, 0.05) is 11.3 Å². The molecule has 4 nitrogen and oxygen atoms in total. The number of anilines is 2. The van der Waals surface area contributed by atoms with Crippen molar-refractivity contribution in [1.29, 1.82) is 0 Å². The third-order valence-corrected chi connectivity index (χ3v) is 3.81. The largest absolute Gasteiger partial charge is 0.478 e. The zero-order chi connectivity index (χ0) is 13.1. The smallest absolute Gasteiger partial charge is 0.335 e. The molecule has 94 valence electrons. The van der Waals surface area contributed by atoms with Crippen molar-refractivity contribution in [2.45, 2.75) is 18.6 Å². The summed E-state index contributed by atoms with van der Waals surface area (Å²) in [5.74, 6) is -0.947. The third-order valence-electron chi connectivity index (χ3n) is 2.56. The standard InChI is InChI=1S/C12H18N2O2S/c1-12(2,17-3)7-14-10-6-8(11(15)16)4-5-9(10)13/h4-6,14H,7,13H2,1-3H3,(H,15,16). The van der Waals surface area contributed by atoms with E-state index in [1.807, 2.05) is 6.26 Å². The molecule has 17 heavy (non-hydrogen) atoms. The number of carboxylic acids is 1. The molecule has 0 atom stereocenters. The molecule has 4 N–H and O–H groups in total. The molecule has 0 spiro atoms. The van der Waals surface area contributed by atoms with Crippen molar-refractivity contribution < 1.29 is 9.90 Å². The summed E-state index contributed by atoms with van der Waals surface area (Å²) in [6.07, 6.45) is 2.04. The predicted molar refractivity (Wildman–Crippen MR) is 73.9 cm³/mol. The van der Waals surface area contributed by atoms with E-state index in [4.69, 9.17) is 10.8 Å². The Bertz CT molecular complexity index is 419. The lowest BCUT2D eigenvalue weighted by molar-refractivity contribution is 0.0697. The van der Waals surface area contributed by atoms with Gasteiger partial charge in [0.25, 0.3) is 0 Å². The summed E-state index contributed by atoms with van der Waals surface area (Å²) in [4.78, 5) is 10.8. The molecule has 0 saturated heterocycles. The SMILES string of the molecule is CSC(C)(C)CNc1cc(C(=O)O)ccc1N. The molecule has 0 heterocycles. The summed E-state index contributed by atoms with van der Waals surface area (Å²) in [6.45, 7) is 4.95. The molecule has 0 radical (unpaired) electrons. The van der Waals surface area contributed by atoms with Gasteiger partial charge in [-0.3, -0.25) is 0 Å². The molecular weight excluding hydrogens is 236 g/mol. The molecule has 0 unspecified atom stereocenters. The van der Waals surface area contributed by atoms with E-state index in [1.165, 1.54) is 6.07 Å². The van der Waals surface area contributed by atoms with Gasteiger partial charge >= 0.3 is 5.97 Å². The van der Waals surface area contributed by atoms with Gasteiger partial charge in [0.1, 0.15) is 0 Å². The second-order valence-corrected chi connectivity index (χ2v) is 5.94. The Balaban J connectivity index is 2.83. The van der Waals surface area contributed by atoms with Gasteiger partial charge in [-0.15, -0.1) is 0 Å². The topological polar surface area (TPSA) is 75.3 Å². The Morgan fingerprint density at radius 3 is 2.71 bits per heavy atom. The second kappa shape index (κ2) is 5.31. The maximum absolute atomic E-state index is 10.8. The fraction of sp³-hybridized carbons (Fsp3) is 0.417. The first-order valence-corrected chi connectivity index (χ1v) is 6.50. The van der Waals surface area contributed by atoms with E-state index < -0.39 is 5.97 Å². The monoisotopic (exact) mass is 254 g/mol. The van der Waals surface area contributed by atoms with Crippen LogP contribution in [0.2, 0.25) is 0 Å². The Kier molecular flexibility index (Phi) is 4.28. The Morgan fingerprint density at radius 2 is 2.18 bits per heavy atom. The number of thioether (sulfide) groups is 1. The molecule has 1 rings (SSSR count). The fourth-order valence-electron chi connectivity index (χ4n) is 1.22. The van der Waals surface area contributed by atoms with Gasteiger partial charge in [-0.1, -0.05) is 0 Å². The van der Waals surface area contributed by atoms with Crippen LogP contribution in [0.25, 0.3) is 0 Å². The van der Waals surface area contributed by atoms with Crippen molar-refractivity contribution in [2.24, 2.45) is 0 Å². The number of aromatic carboxylic acids is 1. The number of hydrogen-bond donors (Lipinski definition) is 3. The van der Waals surface area contributed by atoms with Crippen molar-refractivity contribution in [3.8, 4) is 0 Å². The van der Waals surface area contributed by atoms with E-state index >= 15 is 0 Å². The number of nitrogens with one attached hydrogen (secondary N) is 1. The van der Waals surface area contributed by atoms with E-state index in [0.717, 1.165) is 6.54 Å². The normalized spacial score (nSPS) is 11.2. The highest BCUT2D eigenvalue weighted by Crippen LogP contribution is 2.25. The van der Waals surface area contributed by atoms with Crippen molar-refractivity contribution in [2.75, 3.05) is 23.9 Å². The maximum Gasteiger partial charge on any atom is 0.335 e. The van der Waals surface area contributed by atoms with Crippen LogP contribution < -0.4 is 11.1 Å². The van der Waals surface area contributed by atoms with Crippen LogP contribution in [0.1, 0.15) is 24.2 Å². The number of carbonyl (C=O) groups is 1. The summed E-state index contributed by atoms with van der Waals surface area (Å²) in [6, 6.07) is 4.68. The minimum Gasteiger partial charge on any atom is -0.478 e. The number of hydrogen-bond acceptors (Lipinski definition) is 4. The number of carboxylic acid groups (broad SMARTS) is 1. The van der Waals surface area contributed by atoms with Crippen molar-refractivity contribution >= 4 is 29.1 Å². The lowest BCUT2D eigenvalue weighted by Crippen LogP contribution is -2.26. The van der Waals surface area contributed by atoms with E-state index in [9.17, 15) is 4.79 Å². The maximum atomic E-state index is 10.8. The van der Waals surface area contributed by atoms with Crippen LogP contribution >= 0.6 is 11.8 Å². The van der Waals surface area contributed by atoms with Crippen molar-refractivity contribution in [1.82, 2.24) is 0 Å². The highest BCUT2D eigenvalue weighted by molar-refractivity contribution is 7.99. The number of rotatable bonds is 5. The molecule has 0 aliphatic carbocycles. The summed E-state index contributed by atoms with van der Waals surface area (Å²) in [5.41, 5.74) is 7.27. The summed E-state index contributed by atoms with van der Waals surface area (Å²) < 4.78 is 0.0751. The molecule has 1 aromatic rings.